The van der Waals surface area contributed by atoms with Crippen LogP contribution in [0.5, 0.6) is 0 Å². The molecule has 0 saturated heterocycles. The number of rotatable bonds is 10. The topological polar surface area (TPSA) is 199 Å². The van der Waals surface area contributed by atoms with Crippen molar-refractivity contribution in [2.45, 2.75) is 99.4 Å². The van der Waals surface area contributed by atoms with E-state index in [0.29, 0.717) is 23.9 Å². The number of nitrogen functional groups attached to an aromatic ring is 1. The number of carbonyl (C=O) groups is 2. The van der Waals surface area contributed by atoms with E-state index in [0.717, 1.165) is 18.2 Å². The first-order chi connectivity index (χ1) is 32.0. The highest BCUT2D eigenvalue weighted by Gasteiger charge is 2.66. The highest BCUT2D eigenvalue weighted by molar-refractivity contribution is 6.12. The van der Waals surface area contributed by atoms with Crippen LogP contribution < -0.4 is 22.3 Å². The molecule has 69 heavy (non-hydrogen) atoms. The van der Waals surface area contributed by atoms with E-state index in [-0.39, 0.29) is 70.6 Å². The van der Waals surface area contributed by atoms with Gasteiger partial charge in [0.25, 0.3) is 5.91 Å². The van der Waals surface area contributed by atoms with Crippen molar-refractivity contribution in [3.63, 3.8) is 0 Å². The van der Waals surface area contributed by atoms with Crippen LogP contribution >= 0.6 is 0 Å². The first kappa shape index (κ1) is 50.1. The van der Waals surface area contributed by atoms with Crippen LogP contribution in [0, 0.1) is 25.5 Å². The number of carbonyl (C=O) groups excluding carboxylic acids is 2. The van der Waals surface area contributed by atoms with Crippen LogP contribution in [-0.2, 0) is 21.8 Å². The van der Waals surface area contributed by atoms with Crippen molar-refractivity contribution in [1.82, 2.24) is 10.3 Å². The molecule has 2 unspecified atom stereocenters. The summed E-state index contributed by atoms with van der Waals surface area (Å²) < 4.78 is 163. The Morgan fingerprint density at radius 3 is 1.83 bits per heavy atom. The van der Waals surface area contributed by atoms with E-state index >= 15 is 0 Å². The average molecular weight is 983 g/mol. The molecule has 4 aromatic carbocycles. The maximum atomic E-state index is 14.4. The van der Waals surface area contributed by atoms with Gasteiger partial charge in [0.2, 0.25) is 17.0 Å². The van der Waals surface area contributed by atoms with Crippen LogP contribution in [0.25, 0.3) is 21.5 Å². The van der Waals surface area contributed by atoms with E-state index < -0.39 is 110 Å². The summed E-state index contributed by atoms with van der Waals surface area (Å²) >= 11 is 0. The minimum Gasteiger partial charge on any atom is -0.398 e. The molecule has 2 saturated carbocycles. The summed E-state index contributed by atoms with van der Waals surface area (Å²) in [5.41, 5.74) is -10.3. The molecule has 2 aliphatic carbocycles. The molecular weight excluding hydrogens is 946 g/mol. The second kappa shape index (κ2) is 17.3. The fraction of sp³-hybridized carbons (Fsp3) is 0.348. The van der Waals surface area contributed by atoms with Gasteiger partial charge in [0.1, 0.15) is 11.6 Å². The Morgan fingerprint density at radius 2 is 1.26 bits per heavy atom. The molecule has 23 heteroatoms. The third-order valence-electron chi connectivity index (χ3n) is 12.8. The number of ketones is 1. The number of anilines is 2. The zero-order valence-electron chi connectivity index (χ0n) is 35.9. The summed E-state index contributed by atoms with van der Waals surface area (Å²) in [6.45, 7) is 2.84. The van der Waals surface area contributed by atoms with Gasteiger partial charge in [0.05, 0.1) is 33.4 Å². The van der Waals surface area contributed by atoms with Crippen LogP contribution in [0.3, 0.4) is 0 Å². The number of hydrogen-bond donors (Lipinski definition) is 4. The highest BCUT2D eigenvalue weighted by Crippen LogP contribution is 2.57. The first-order valence-electron chi connectivity index (χ1n) is 20.6. The number of hydrogen-bond acceptors (Lipinski definition) is 11. The van der Waals surface area contributed by atoms with Crippen LogP contribution in [-0.4, -0.2) is 55.8 Å². The summed E-state index contributed by atoms with van der Waals surface area (Å²) in [6.07, 6.45) is -18.4. The maximum absolute atomic E-state index is 14.4. The fourth-order valence-corrected chi connectivity index (χ4v) is 8.88. The van der Waals surface area contributed by atoms with E-state index in [1.807, 2.05) is 0 Å². The monoisotopic (exact) mass is 982 g/mol. The lowest BCUT2D eigenvalue weighted by molar-refractivity contribution is -0.253. The van der Waals surface area contributed by atoms with Crippen molar-refractivity contribution in [3.05, 3.63) is 139 Å². The van der Waals surface area contributed by atoms with Gasteiger partial charge in [-0.15, -0.1) is 0 Å². The van der Waals surface area contributed by atoms with E-state index in [9.17, 15) is 77.7 Å². The molecule has 0 aliphatic heterocycles. The molecule has 12 nitrogen and oxygen atoms in total. The molecule has 6 aromatic rings. The van der Waals surface area contributed by atoms with Crippen molar-refractivity contribution in [2.24, 2.45) is 0 Å². The lowest BCUT2D eigenvalue weighted by Gasteiger charge is -2.48. The lowest BCUT2D eigenvalue weighted by atomic mass is 9.58. The largest absolute Gasteiger partial charge is 0.426 e. The van der Waals surface area contributed by atoms with Gasteiger partial charge in [-0.1, -0.05) is 34.9 Å². The van der Waals surface area contributed by atoms with Crippen molar-refractivity contribution < 1.29 is 77.1 Å². The van der Waals surface area contributed by atoms with Crippen LogP contribution in [0.1, 0.15) is 83.4 Å². The average Bonchev–Trinajstić information content (AvgIpc) is 4.03. The normalized spacial score (nSPS) is 17.2. The second-order valence-corrected chi connectivity index (χ2v) is 17.3. The molecule has 366 valence electrons. The smallest absolute Gasteiger partial charge is 0.398 e. The number of alkyl halides is 9. The fourth-order valence-electron chi connectivity index (χ4n) is 8.88. The standard InChI is InChI=1S/C24H19F7N2O4.C22H18F4N2O4/c1-11-17-13(20(35)37-33-11)4-5-14(18(17)32)19(34)22(36,24(29,30)31)10-21(7-2-8-21)16-9-12(25)3-6-15(16)23(26,27)28;1-12-15-10-13(6-7-14(15)18(29)32-28-12)27-19(30)21(31,22(24,25)26)11-20(8-9-20)16-4-2-3-5-17(16)23/h3-6,9,36H,2,7-8,10,32H2,1H3;2-7,10,31H,8-9,11H2,1H3,(H,27,30). The molecule has 2 atom stereocenters. The number of halogens is 11. The van der Waals surface area contributed by atoms with Gasteiger partial charge in [0.15, 0.2) is 0 Å². The van der Waals surface area contributed by atoms with Gasteiger partial charge < -0.3 is 30.3 Å². The number of aliphatic hydroxyl groups is 2. The SMILES string of the molecule is Cc1noc(=O)c2ccc(C(=O)C(O)(CC3(c4cc(F)ccc4C(F)(F)F)CCC3)C(F)(F)F)c(N)c12.Cc1noc(=O)c2ccc(NC(=O)C(O)(CC3(c4ccccc4F)CC3)C(F)(F)F)cc12. The Kier molecular flexibility index (Phi) is 12.6. The number of amides is 1. The van der Waals surface area contributed by atoms with Crippen LogP contribution in [0.4, 0.5) is 59.7 Å². The van der Waals surface area contributed by atoms with Gasteiger partial charge in [-0.3, -0.25) is 9.59 Å². The van der Waals surface area contributed by atoms with Crippen LogP contribution in [0.2, 0.25) is 0 Å². The minimum absolute atomic E-state index is 0.0256. The first-order valence-corrected chi connectivity index (χ1v) is 20.6. The van der Waals surface area contributed by atoms with Crippen molar-refractivity contribution in [2.75, 3.05) is 11.1 Å². The summed E-state index contributed by atoms with van der Waals surface area (Å²) in [4.78, 5) is 49.7. The van der Waals surface area contributed by atoms with Gasteiger partial charge in [-0.2, -0.15) is 39.5 Å². The number of nitrogens with zero attached hydrogens (tertiary/aromatic N) is 2. The zero-order chi connectivity index (χ0) is 50.9. The highest BCUT2D eigenvalue weighted by atomic mass is 19.4. The molecule has 2 aliphatic rings. The van der Waals surface area contributed by atoms with E-state index in [1.54, 1.807) is 0 Å². The molecule has 2 heterocycles. The van der Waals surface area contributed by atoms with Gasteiger partial charge in [-0.25, -0.2) is 18.4 Å². The van der Waals surface area contributed by atoms with Crippen molar-refractivity contribution in [3.8, 4) is 0 Å². The Balaban J connectivity index is 0.000000206. The molecule has 1 amide bonds. The Bertz CT molecular complexity index is 3140. The lowest BCUT2D eigenvalue weighted by Crippen LogP contribution is -2.57. The molecule has 2 aromatic heterocycles. The van der Waals surface area contributed by atoms with Gasteiger partial charge >= 0.3 is 29.8 Å². The minimum atomic E-state index is -5.65. The number of nitrogens with one attached hydrogen (secondary N) is 1. The van der Waals surface area contributed by atoms with E-state index in [2.05, 4.69) is 24.7 Å². The Labute approximate surface area is 380 Å². The summed E-state index contributed by atoms with van der Waals surface area (Å²) in [7, 11) is 0. The maximum Gasteiger partial charge on any atom is 0.426 e. The van der Waals surface area contributed by atoms with Crippen LogP contribution in [0.15, 0.2) is 91.4 Å². The third-order valence-corrected chi connectivity index (χ3v) is 12.8. The zero-order valence-corrected chi connectivity index (χ0v) is 35.9. The molecule has 0 radical (unpaired) electrons. The Morgan fingerprint density at radius 1 is 0.696 bits per heavy atom. The molecule has 0 bridgehead atoms. The van der Waals surface area contributed by atoms with E-state index in [1.165, 1.54) is 50.2 Å². The van der Waals surface area contributed by atoms with Crippen molar-refractivity contribution >= 4 is 44.6 Å². The number of fused-ring (bicyclic) bond motifs is 2. The molecule has 0 spiro atoms. The summed E-state index contributed by atoms with van der Waals surface area (Å²) in [5, 5.41) is 30.6. The van der Waals surface area contributed by atoms with Crippen molar-refractivity contribution in [1.29, 1.82) is 0 Å². The number of aromatic nitrogens is 2. The summed E-state index contributed by atoms with van der Waals surface area (Å²) in [6, 6.07) is 12.4. The molecule has 2 fully saturated rings. The third kappa shape index (κ3) is 9.04. The Hall–Kier alpha value is -6.75. The van der Waals surface area contributed by atoms with Gasteiger partial charge in [0, 0.05) is 40.3 Å². The number of benzene rings is 4. The predicted octanol–water partition coefficient (Wildman–Crippen LogP) is 9.21. The van der Waals surface area contributed by atoms with E-state index in [4.69, 9.17) is 5.73 Å². The second-order valence-electron chi connectivity index (χ2n) is 17.3. The van der Waals surface area contributed by atoms with Gasteiger partial charge in [-0.05, 0) is 111 Å². The number of Topliss-reactive ketones (excluding diaryl/α,β-unsaturated/α-hetero) is 1. The summed E-state index contributed by atoms with van der Waals surface area (Å²) in [5.74, 6) is -5.42. The number of aryl methyl sites for hydroxylation is 2. The predicted molar refractivity (Wildman–Crippen MR) is 223 cm³/mol. The quantitative estimate of drug-likeness (QED) is 0.0580. The molecule has 8 rings (SSSR count). The number of nitrogens with two attached hydrogens (primary N) is 1. The molecule has 5 N–H and O–H groups in total. The molecular formula is C46H37F11N4O8.